The zero-order valence-corrected chi connectivity index (χ0v) is 27.4. The normalized spacial score (nSPS) is 26.1. The Morgan fingerprint density at radius 2 is 1.72 bits per heavy atom. The molecule has 3 aliphatic rings. The first-order chi connectivity index (χ1) is 20.0. The number of alkyl halides is 3. The van der Waals surface area contributed by atoms with E-state index in [0.29, 0.717) is 24.8 Å². The van der Waals surface area contributed by atoms with Gasteiger partial charge in [0.1, 0.15) is 12.1 Å². The molecule has 4 atom stereocenters. The maximum Gasteiger partial charge on any atom is 0.412 e. The van der Waals surface area contributed by atoms with Crippen molar-refractivity contribution >= 4 is 14.6 Å². The first-order valence-corrected chi connectivity index (χ1v) is 18.4. The lowest BCUT2D eigenvalue weighted by Crippen LogP contribution is -2.50. The molecule has 2 nitrogen and oxygen atoms in total. The lowest BCUT2D eigenvalue weighted by atomic mass is 9.48. The third-order valence-electron chi connectivity index (χ3n) is 10.9. The molecule has 7 heteroatoms. The predicted molar refractivity (Wildman–Crippen MR) is 167 cm³/mol. The van der Waals surface area contributed by atoms with Crippen LogP contribution >= 0.6 is 0 Å². The van der Waals surface area contributed by atoms with Crippen LogP contribution in [-0.4, -0.2) is 20.8 Å². The SMILES string of the molecule is CC(C)c1cc2c(c(-c3ccc(F)cc3)c1)[C@@H](O[Si](C)(C)C(C)(C)C)CC(C1CCC13CC(C(F)(F)F)=CC=C3C=O)C2. The average Bonchev–Trinajstić information content (AvgIpc) is 2.90. The smallest absolute Gasteiger partial charge is 0.410 e. The number of hydrogen-bond acceptors (Lipinski definition) is 2. The number of fused-ring (bicyclic) bond motifs is 1. The highest BCUT2D eigenvalue weighted by Crippen LogP contribution is 2.63. The monoisotopic (exact) mass is 612 g/mol. The van der Waals surface area contributed by atoms with Crippen molar-refractivity contribution in [2.24, 2.45) is 17.3 Å². The minimum absolute atomic E-state index is 0.0467. The summed E-state index contributed by atoms with van der Waals surface area (Å²) in [6, 6.07) is 11.1. The Morgan fingerprint density at radius 1 is 1.05 bits per heavy atom. The zero-order valence-electron chi connectivity index (χ0n) is 26.4. The number of carbonyl (C=O) groups excluding carboxylic acids is 1. The van der Waals surface area contributed by atoms with Gasteiger partial charge in [-0.1, -0.05) is 71.0 Å². The number of hydrogen-bond donors (Lipinski definition) is 0. The van der Waals surface area contributed by atoms with Crippen molar-refractivity contribution < 1.29 is 26.8 Å². The summed E-state index contributed by atoms with van der Waals surface area (Å²) < 4.78 is 63.0. The predicted octanol–water partition coefficient (Wildman–Crippen LogP) is 10.7. The van der Waals surface area contributed by atoms with E-state index in [9.17, 15) is 22.4 Å². The molecule has 0 aromatic heterocycles. The highest BCUT2D eigenvalue weighted by Gasteiger charge is 2.56. The Balaban J connectivity index is 1.63. The van der Waals surface area contributed by atoms with Gasteiger partial charge in [-0.05, 0) is 114 Å². The van der Waals surface area contributed by atoms with E-state index < -0.39 is 25.5 Å². The van der Waals surface area contributed by atoms with Crippen LogP contribution < -0.4 is 0 Å². The molecule has 1 spiro atoms. The largest absolute Gasteiger partial charge is 0.412 e. The van der Waals surface area contributed by atoms with Crippen LogP contribution in [0.2, 0.25) is 18.1 Å². The van der Waals surface area contributed by atoms with Crippen LogP contribution in [0.15, 0.2) is 59.7 Å². The van der Waals surface area contributed by atoms with Gasteiger partial charge in [0.15, 0.2) is 8.32 Å². The van der Waals surface area contributed by atoms with Crippen LogP contribution in [0.3, 0.4) is 0 Å². The van der Waals surface area contributed by atoms with Gasteiger partial charge >= 0.3 is 6.18 Å². The fourth-order valence-electron chi connectivity index (χ4n) is 7.33. The van der Waals surface area contributed by atoms with E-state index in [1.165, 1.54) is 23.8 Å². The average molecular weight is 613 g/mol. The maximum absolute atomic E-state index is 14.0. The Hall–Kier alpha value is -2.51. The zero-order chi connectivity index (χ0) is 31.5. The quantitative estimate of drug-likeness (QED) is 0.184. The van der Waals surface area contributed by atoms with Gasteiger partial charge in [-0.2, -0.15) is 13.2 Å². The highest BCUT2D eigenvalue weighted by molar-refractivity contribution is 6.74. The topological polar surface area (TPSA) is 26.3 Å². The van der Waals surface area contributed by atoms with Gasteiger partial charge in [0.2, 0.25) is 0 Å². The fourth-order valence-corrected chi connectivity index (χ4v) is 8.61. The maximum atomic E-state index is 14.0. The molecule has 0 heterocycles. The van der Waals surface area contributed by atoms with Crippen LogP contribution in [0.4, 0.5) is 17.6 Å². The van der Waals surface area contributed by atoms with Gasteiger partial charge in [-0.3, -0.25) is 4.79 Å². The van der Waals surface area contributed by atoms with Gasteiger partial charge in [0.05, 0.1) is 6.10 Å². The molecule has 5 rings (SSSR count). The van der Waals surface area contributed by atoms with E-state index in [4.69, 9.17) is 4.43 Å². The van der Waals surface area contributed by atoms with Gasteiger partial charge in [-0.15, -0.1) is 0 Å². The number of halogens is 4. The molecule has 0 N–H and O–H groups in total. The second-order valence-corrected chi connectivity index (χ2v) is 19.5. The molecule has 0 radical (unpaired) electrons. The van der Waals surface area contributed by atoms with E-state index in [-0.39, 0.29) is 41.1 Å². The first-order valence-electron chi connectivity index (χ1n) is 15.5. The number of rotatable bonds is 6. The second kappa shape index (κ2) is 11.1. The molecule has 43 heavy (non-hydrogen) atoms. The Morgan fingerprint density at radius 3 is 2.26 bits per heavy atom. The molecule has 2 aromatic rings. The van der Waals surface area contributed by atoms with Crippen LogP contribution in [-0.2, 0) is 15.6 Å². The number of aldehydes is 1. The highest BCUT2D eigenvalue weighted by atomic mass is 28.4. The third kappa shape index (κ3) is 5.84. The van der Waals surface area contributed by atoms with E-state index >= 15 is 0 Å². The number of allylic oxidation sites excluding steroid dienone is 4. The summed E-state index contributed by atoms with van der Waals surface area (Å²) in [7, 11) is -2.28. The van der Waals surface area contributed by atoms with E-state index in [2.05, 4.69) is 59.8 Å². The number of benzene rings is 2. The summed E-state index contributed by atoms with van der Waals surface area (Å²) in [5.41, 5.74) is 4.58. The summed E-state index contributed by atoms with van der Waals surface area (Å²) in [5, 5.41) is -0.0467. The molecule has 0 aliphatic heterocycles. The molecule has 3 unspecified atom stereocenters. The summed E-state index contributed by atoms with van der Waals surface area (Å²) in [5.74, 6) is -0.0241. The van der Waals surface area contributed by atoms with Gasteiger partial charge in [-0.25, -0.2) is 4.39 Å². The summed E-state index contributed by atoms with van der Waals surface area (Å²) in [4.78, 5) is 12.2. The Labute approximate surface area is 254 Å². The Kier molecular flexibility index (Phi) is 8.26. The van der Waals surface area contributed by atoms with Crippen molar-refractivity contribution in [2.45, 2.75) is 103 Å². The molecular formula is C36H44F4O2Si. The molecule has 1 saturated carbocycles. The summed E-state index contributed by atoms with van der Waals surface area (Å²) in [6.07, 6.45) is 1.24. The minimum Gasteiger partial charge on any atom is -0.410 e. The first kappa shape index (κ1) is 31.9. The molecule has 1 fully saturated rings. The van der Waals surface area contributed by atoms with Crippen LogP contribution in [0.1, 0.15) is 89.0 Å². The summed E-state index contributed by atoms with van der Waals surface area (Å²) in [6.45, 7) is 15.4. The van der Waals surface area contributed by atoms with Crippen molar-refractivity contribution in [1.82, 2.24) is 0 Å². The number of carbonyl (C=O) groups is 1. The van der Waals surface area contributed by atoms with E-state index in [0.717, 1.165) is 41.0 Å². The van der Waals surface area contributed by atoms with E-state index in [1.54, 1.807) is 0 Å². The lowest BCUT2D eigenvalue weighted by Gasteiger charge is -2.56. The van der Waals surface area contributed by atoms with Gasteiger partial charge in [0.25, 0.3) is 0 Å². The minimum atomic E-state index is -4.42. The molecule has 232 valence electrons. The second-order valence-electron chi connectivity index (χ2n) is 14.8. The fraction of sp³-hybridized carbons (Fsp3) is 0.528. The van der Waals surface area contributed by atoms with Crippen LogP contribution in [0.25, 0.3) is 11.1 Å². The van der Waals surface area contributed by atoms with Crippen molar-refractivity contribution in [3.63, 3.8) is 0 Å². The molecule has 2 aromatic carbocycles. The third-order valence-corrected chi connectivity index (χ3v) is 15.4. The van der Waals surface area contributed by atoms with Crippen LogP contribution in [0.5, 0.6) is 0 Å². The van der Waals surface area contributed by atoms with Gasteiger partial charge < -0.3 is 4.43 Å². The lowest BCUT2D eigenvalue weighted by molar-refractivity contribution is -0.114. The standard InChI is InChI=1S/C36H44F4O2Si/c1-22(2)24-16-26-17-25(31-14-15-35(31)20-27(36(38,39)40)10-11-28(35)21-41)19-32(42-43(6,7)34(3,4)5)33(26)30(18-24)23-8-12-29(37)13-9-23/h8-13,16,18,21-22,25,31-32H,14-15,17,19-20H2,1-7H3/t25?,31?,32-,35?/m0/s1. The molecule has 3 aliphatic carbocycles. The molecule has 0 saturated heterocycles. The summed E-state index contributed by atoms with van der Waals surface area (Å²) >= 11 is 0. The Bertz CT molecular complexity index is 1450. The molecule has 0 amide bonds. The van der Waals surface area contributed by atoms with Gasteiger partial charge in [0, 0.05) is 11.0 Å². The van der Waals surface area contributed by atoms with Crippen molar-refractivity contribution in [3.05, 3.63) is 82.2 Å². The van der Waals surface area contributed by atoms with Crippen molar-refractivity contribution in [3.8, 4) is 11.1 Å². The molecular weight excluding hydrogens is 568 g/mol. The van der Waals surface area contributed by atoms with Crippen molar-refractivity contribution in [2.75, 3.05) is 0 Å². The van der Waals surface area contributed by atoms with Crippen molar-refractivity contribution in [1.29, 1.82) is 0 Å². The van der Waals surface area contributed by atoms with Crippen LogP contribution in [0, 0.1) is 23.1 Å². The molecule has 0 bridgehead atoms. The van der Waals surface area contributed by atoms with E-state index in [1.807, 2.05) is 12.1 Å².